The van der Waals surface area contributed by atoms with Crippen LogP contribution in [-0.4, -0.2) is 118 Å². The van der Waals surface area contributed by atoms with Crippen molar-refractivity contribution in [3.8, 4) is 0 Å². The van der Waals surface area contributed by atoms with Crippen LogP contribution < -0.4 is 0 Å². The first-order valence-corrected chi connectivity index (χ1v) is 13.0. The molecule has 0 N–H and O–H groups in total. The molecule has 8 nitrogen and oxygen atoms in total. The Labute approximate surface area is 200 Å². The predicted octanol–water partition coefficient (Wildman–Crippen LogP) is 1.92. The minimum atomic E-state index is 0.0673. The van der Waals surface area contributed by atoms with Crippen LogP contribution in [-0.2, 0) is 23.8 Å². The van der Waals surface area contributed by atoms with Gasteiger partial charge in [0.15, 0.2) is 0 Å². The summed E-state index contributed by atoms with van der Waals surface area (Å²) >= 11 is 0. The summed E-state index contributed by atoms with van der Waals surface area (Å²) < 4.78 is 16.4. The molecule has 2 saturated heterocycles. The van der Waals surface area contributed by atoms with Gasteiger partial charge in [-0.25, -0.2) is 0 Å². The fourth-order valence-electron chi connectivity index (χ4n) is 4.34. The zero-order valence-corrected chi connectivity index (χ0v) is 21.3. The number of carbonyl (C=O) groups is 2. The summed E-state index contributed by atoms with van der Waals surface area (Å²) in [5.74, 6) is 1.22. The SMILES string of the molecule is CCN1CCN(CC2CCN(C(=O)CCOCCOCCOCCC(=O)C(C)C)CC2)CC1. The highest BCUT2D eigenvalue weighted by molar-refractivity contribution is 5.80. The minimum absolute atomic E-state index is 0.0673. The molecule has 0 aliphatic carbocycles. The molecule has 0 radical (unpaired) electrons. The molecule has 0 unspecified atom stereocenters. The number of Topliss-reactive ketones (excluding diaryl/α,β-unsaturated/α-hetero) is 1. The molecule has 2 heterocycles. The van der Waals surface area contributed by atoms with Crippen molar-refractivity contribution in [1.29, 1.82) is 0 Å². The Morgan fingerprint density at radius 3 is 1.82 bits per heavy atom. The third-order valence-electron chi connectivity index (χ3n) is 6.74. The predicted molar refractivity (Wildman–Crippen MR) is 129 cm³/mol. The van der Waals surface area contributed by atoms with Gasteiger partial charge in [-0.15, -0.1) is 0 Å². The maximum absolute atomic E-state index is 12.4. The molecule has 2 rings (SSSR count). The van der Waals surface area contributed by atoms with Crippen molar-refractivity contribution in [2.45, 2.75) is 46.5 Å². The average molecular weight is 470 g/mol. The number of amides is 1. The second-order valence-electron chi connectivity index (χ2n) is 9.52. The van der Waals surface area contributed by atoms with E-state index in [-0.39, 0.29) is 17.6 Å². The lowest BCUT2D eigenvalue weighted by atomic mass is 9.95. The number of carbonyl (C=O) groups excluding carboxylic acids is 2. The van der Waals surface area contributed by atoms with E-state index in [0.717, 1.165) is 38.4 Å². The zero-order valence-electron chi connectivity index (χ0n) is 21.3. The fraction of sp³-hybridized carbons (Fsp3) is 0.920. The standard InChI is InChI=1S/C25H47N3O5/c1-4-26-11-13-27(14-12-26)21-23-5-9-28(10-6-23)25(30)8-16-32-18-20-33-19-17-31-15-7-24(29)22(2)3/h22-23H,4-21H2,1-3H3. The molecule has 0 spiro atoms. The smallest absolute Gasteiger partial charge is 0.224 e. The molecular formula is C25H47N3O5. The van der Waals surface area contributed by atoms with Gasteiger partial charge < -0.3 is 28.9 Å². The first-order chi connectivity index (χ1) is 16.0. The van der Waals surface area contributed by atoms with Crippen molar-refractivity contribution in [2.75, 3.05) is 92.0 Å². The lowest BCUT2D eigenvalue weighted by Gasteiger charge is -2.38. The molecule has 33 heavy (non-hydrogen) atoms. The number of piperidine rings is 1. The van der Waals surface area contributed by atoms with Crippen LogP contribution in [0, 0.1) is 11.8 Å². The molecule has 1 amide bonds. The highest BCUT2D eigenvalue weighted by atomic mass is 16.5. The molecule has 2 aliphatic heterocycles. The Bertz CT molecular complexity index is 544. The molecule has 0 aromatic rings. The van der Waals surface area contributed by atoms with E-state index < -0.39 is 0 Å². The van der Waals surface area contributed by atoms with E-state index in [1.807, 2.05) is 18.7 Å². The minimum Gasteiger partial charge on any atom is -0.379 e. The summed E-state index contributed by atoms with van der Waals surface area (Å²) in [5.41, 5.74) is 0. The molecule has 0 aromatic heterocycles. The summed E-state index contributed by atoms with van der Waals surface area (Å²) in [4.78, 5) is 31.0. The Morgan fingerprint density at radius 2 is 1.27 bits per heavy atom. The van der Waals surface area contributed by atoms with Crippen LogP contribution in [0.4, 0.5) is 0 Å². The van der Waals surface area contributed by atoms with Crippen molar-refractivity contribution >= 4 is 11.7 Å². The molecule has 192 valence electrons. The van der Waals surface area contributed by atoms with E-state index in [9.17, 15) is 9.59 Å². The van der Waals surface area contributed by atoms with Crippen molar-refractivity contribution in [3.63, 3.8) is 0 Å². The van der Waals surface area contributed by atoms with Crippen LogP contribution in [0.15, 0.2) is 0 Å². The average Bonchev–Trinajstić information content (AvgIpc) is 2.83. The highest BCUT2D eigenvalue weighted by Crippen LogP contribution is 2.20. The van der Waals surface area contributed by atoms with Crippen molar-refractivity contribution in [1.82, 2.24) is 14.7 Å². The fourth-order valence-corrected chi connectivity index (χ4v) is 4.34. The van der Waals surface area contributed by atoms with Gasteiger partial charge in [0.2, 0.25) is 5.91 Å². The summed E-state index contributed by atoms with van der Waals surface area (Å²) in [5, 5.41) is 0. The largest absolute Gasteiger partial charge is 0.379 e. The van der Waals surface area contributed by atoms with Gasteiger partial charge in [0.25, 0.3) is 0 Å². The van der Waals surface area contributed by atoms with Crippen LogP contribution in [0.1, 0.15) is 46.5 Å². The van der Waals surface area contributed by atoms with E-state index in [0.29, 0.717) is 52.5 Å². The van der Waals surface area contributed by atoms with Crippen LogP contribution in [0.3, 0.4) is 0 Å². The van der Waals surface area contributed by atoms with Crippen LogP contribution >= 0.6 is 0 Å². The molecule has 0 bridgehead atoms. The second kappa shape index (κ2) is 16.5. The Kier molecular flexibility index (Phi) is 14.1. The van der Waals surface area contributed by atoms with Crippen LogP contribution in [0.2, 0.25) is 0 Å². The molecule has 0 aromatic carbocycles. The first-order valence-electron chi connectivity index (χ1n) is 13.0. The maximum atomic E-state index is 12.4. The number of nitrogens with zero attached hydrogens (tertiary/aromatic N) is 3. The molecule has 2 fully saturated rings. The van der Waals surface area contributed by atoms with Crippen LogP contribution in [0.25, 0.3) is 0 Å². The van der Waals surface area contributed by atoms with Gasteiger partial charge in [0, 0.05) is 58.2 Å². The third kappa shape index (κ3) is 11.8. The van der Waals surface area contributed by atoms with Gasteiger partial charge >= 0.3 is 0 Å². The van der Waals surface area contributed by atoms with Gasteiger partial charge in [-0.3, -0.25) is 9.59 Å². The van der Waals surface area contributed by atoms with Gasteiger partial charge in [-0.2, -0.15) is 0 Å². The maximum Gasteiger partial charge on any atom is 0.224 e. The van der Waals surface area contributed by atoms with E-state index in [1.165, 1.54) is 32.7 Å². The number of ether oxygens (including phenoxy) is 3. The number of likely N-dealkylation sites (tertiary alicyclic amines) is 1. The third-order valence-corrected chi connectivity index (χ3v) is 6.74. The van der Waals surface area contributed by atoms with E-state index in [1.54, 1.807) is 0 Å². The lowest BCUT2D eigenvalue weighted by molar-refractivity contribution is -0.134. The summed E-state index contributed by atoms with van der Waals surface area (Å²) in [7, 11) is 0. The van der Waals surface area contributed by atoms with Crippen molar-refractivity contribution in [2.24, 2.45) is 11.8 Å². The number of likely N-dealkylation sites (N-methyl/N-ethyl adjacent to an activating group) is 1. The monoisotopic (exact) mass is 469 g/mol. The summed E-state index contributed by atoms with van der Waals surface area (Å²) in [6.45, 7) is 17.7. The lowest BCUT2D eigenvalue weighted by Crippen LogP contribution is -2.49. The van der Waals surface area contributed by atoms with Gasteiger partial charge in [0.05, 0.1) is 46.1 Å². The van der Waals surface area contributed by atoms with Crippen LogP contribution in [0.5, 0.6) is 0 Å². The van der Waals surface area contributed by atoms with E-state index in [4.69, 9.17) is 14.2 Å². The van der Waals surface area contributed by atoms with Gasteiger partial charge in [0.1, 0.15) is 5.78 Å². The Balaban J connectivity index is 1.40. The molecule has 0 atom stereocenters. The quantitative estimate of drug-likeness (QED) is 0.320. The Morgan fingerprint density at radius 1 is 0.758 bits per heavy atom. The van der Waals surface area contributed by atoms with E-state index in [2.05, 4.69) is 16.7 Å². The highest BCUT2D eigenvalue weighted by Gasteiger charge is 2.25. The van der Waals surface area contributed by atoms with E-state index >= 15 is 0 Å². The number of hydrogen-bond acceptors (Lipinski definition) is 7. The second-order valence-corrected chi connectivity index (χ2v) is 9.52. The van der Waals surface area contributed by atoms with Crippen molar-refractivity contribution < 1.29 is 23.8 Å². The zero-order chi connectivity index (χ0) is 23.9. The van der Waals surface area contributed by atoms with Crippen molar-refractivity contribution in [3.05, 3.63) is 0 Å². The van der Waals surface area contributed by atoms with Gasteiger partial charge in [-0.1, -0.05) is 20.8 Å². The number of rotatable bonds is 16. The summed E-state index contributed by atoms with van der Waals surface area (Å²) in [6.07, 6.45) is 3.13. The Hall–Kier alpha value is -1.06. The van der Waals surface area contributed by atoms with Gasteiger partial charge in [-0.05, 0) is 25.3 Å². The summed E-state index contributed by atoms with van der Waals surface area (Å²) in [6, 6.07) is 0. The topological polar surface area (TPSA) is 71.6 Å². The number of ketones is 1. The molecular weight excluding hydrogens is 422 g/mol. The molecule has 0 saturated carbocycles. The molecule has 8 heteroatoms. The first kappa shape index (κ1) is 28.2. The normalized spacial score (nSPS) is 18.8. The number of piperazine rings is 1. The molecule has 2 aliphatic rings. The number of hydrogen-bond donors (Lipinski definition) is 0.